The molecule has 1 aromatic carbocycles. The van der Waals surface area contributed by atoms with Crippen LogP contribution in [0.2, 0.25) is 0 Å². The third kappa shape index (κ3) is 4.43. The van der Waals surface area contributed by atoms with Crippen LogP contribution in [0.25, 0.3) is 0 Å². The molecule has 0 bridgehead atoms. The molecule has 0 spiro atoms. The van der Waals surface area contributed by atoms with Crippen molar-refractivity contribution in [2.24, 2.45) is 5.92 Å². The average molecular weight is 247 g/mol. The SMILES string of the molecule is CC(C)Cc1ccc(CNOC2CCCC2)cc1. The van der Waals surface area contributed by atoms with E-state index in [0.29, 0.717) is 6.10 Å². The third-order valence-corrected chi connectivity index (χ3v) is 3.50. The Bertz CT molecular complexity index is 339. The Morgan fingerprint density at radius 3 is 2.33 bits per heavy atom. The van der Waals surface area contributed by atoms with E-state index in [2.05, 4.69) is 43.6 Å². The maximum absolute atomic E-state index is 5.65. The van der Waals surface area contributed by atoms with E-state index in [0.717, 1.165) is 18.9 Å². The zero-order chi connectivity index (χ0) is 12.8. The molecule has 0 aliphatic heterocycles. The van der Waals surface area contributed by atoms with Gasteiger partial charge in [0.05, 0.1) is 6.10 Å². The van der Waals surface area contributed by atoms with Gasteiger partial charge in [-0.1, -0.05) is 51.0 Å². The lowest BCUT2D eigenvalue weighted by molar-refractivity contribution is -0.0244. The summed E-state index contributed by atoms with van der Waals surface area (Å²) in [5.74, 6) is 0.722. The molecule has 2 heteroatoms. The zero-order valence-corrected chi connectivity index (χ0v) is 11.6. The molecule has 0 saturated heterocycles. The molecular formula is C16H25NO. The second kappa shape index (κ2) is 6.91. The first-order valence-electron chi connectivity index (χ1n) is 7.20. The molecule has 2 nitrogen and oxygen atoms in total. The van der Waals surface area contributed by atoms with E-state index in [4.69, 9.17) is 4.84 Å². The van der Waals surface area contributed by atoms with E-state index in [1.807, 2.05) is 0 Å². The minimum absolute atomic E-state index is 0.435. The molecule has 0 radical (unpaired) electrons. The largest absolute Gasteiger partial charge is 0.298 e. The van der Waals surface area contributed by atoms with Gasteiger partial charge in [-0.25, -0.2) is 0 Å². The lowest BCUT2D eigenvalue weighted by Gasteiger charge is -2.12. The summed E-state index contributed by atoms with van der Waals surface area (Å²) in [7, 11) is 0. The molecule has 0 aromatic heterocycles. The van der Waals surface area contributed by atoms with E-state index in [1.165, 1.54) is 36.8 Å². The molecule has 18 heavy (non-hydrogen) atoms. The Hall–Kier alpha value is -0.860. The van der Waals surface area contributed by atoms with E-state index in [1.54, 1.807) is 0 Å². The fourth-order valence-electron chi connectivity index (χ4n) is 2.51. The van der Waals surface area contributed by atoms with Crippen LogP contribution in [0.5, 0.6) is 0 Å². The molecule has 1 aliphatic rings. The standard InChI is InChI=1S/C16H25NO/c1-13(2)11-14-7-9-15(10-8-14)12-17-18-16-5-3-4-6-16/h7-10,13,16-17H,3-6,11-12H2,1-2H3. The van der Waals surface area contributed by atoms with Gasteiger partial charge in [-0.15, -0.1) is 0 Å². The molecule has 1 N–H and O–H groups in total. The summed E-state index contributed by atoms with van der Waals surface area (Å²) in [6.07, 6.45) is 6.64. The van der Waals surface area contributed by atoms with Crippen molar-refractivity contribution in [2.45, 2.75) is 58.6 Å². The van der Waals surface area contributed by atoms with Crippen LogP contribution in [0.3, 0.4) is 0 Å². The molecule has 1 fully saturated rings. The van der Waals surface area contributed by atoms with Crippen LogP contribution >= 0.6 is 0 Å². The summed E-state index contributed by atoms with van der Waals surface area (Å²) < 4.78 is 0. The van der Waals surface area contributed by atoms with E-state index < -0.39 is 0 Å². The van der Waals surface area contributed by atoms with Crippen LogP contribution in [-0.4, -0.2) is 6.10 Å². The van der Waals surface area contributed by atoms with Gasteiger partial charge in [-0.3, -0.25) is 4.84 Å². The van der Waals surface area contributed by atoms with Crippen LogP contribution in [0.1, 0.15) is 50.7 Å². The summed E-state index contributed by atoms with van der Waals surface area (Å²) in [4.78, 5) is 5.65. The van der Waals surface area contributed by atoms with Gasteiger partial charge in [0.1, 0.15) is 0 Å². The van der Waals surface area contributed by atoms with Crippen LogP contribution in [0, 0.1) is 5.92 Å². The van der Waals surface area contributed by atoms with Crippen LogP contribution in [-0.2, 0) is 17.8 Å². The molecule has 1 aliphatic carbocycles. The van der Waals surface area contributed by atoms with E-state index >= 15 is 0 Å². The Balaban J connectivity index is 1.72. The molecule has 2 rings (SSSR count). The lowest BCUT2D eigenvalue weighted by atomic mass is 10.0. The normalized spacial score (nSPS) is 16.6. The highest BCUT2D eigenvalue weighted by molar-refractivity contribution is 5.22. The molecule has 0 amide bonds. The van der Waals surface area contributed by atoms with Crippen LogP contribution in [0.15, 0.2) is 24.3 Å². The molecule has 1 aromatic rings. The lowest BCUT2D eigenvalue weighted by Crippen LogP contribution is -2.21. The van der Waals surface area contributed by atoms with Crippen molar-refractivity contribution in [3.05, 3.63) is 35.4 Å². The van der Waals surface area contributed by atoms with Crippen molar-refractivity contribution >= 4 is 0 Å². The Kier molecular flexibility index (Phi) is 5.21. The summed E-state index contributed by atoms with van der Waals surface area (Å²) in [6, 6.07) is 8.85. The minimum Gasteiger partial charge on any atom is -0.298 e. The van der Waals surface area contributed by atoms with Crippen molar-refractivity contribution in [2.75, 3.05) is 0 Å². The minimum atomic E-state index is 0.435. The zero-order valence-electron chi connectivity index (χ0n) is 11.6. The maximum Gasteiger partial charge on any atom is 0.0790 e. The number of hydrogen-bond acceptors (Lipinski definition) is 2. The highest BCUT2D eigenvalue weighted by atomic mass is 16.7. The highest BCUT2D eigenvalue weighted by Gasteiger charge is 2.15. The van der Waals surface area contributed by atoms with Gasteiger partial charge < -0.3 is 0 Å². The number of nitrogens with one attached hydrogen (secondary N) is 1. The Morgan fingerprint density at radius 1 is 1.11 bits per heavy atom. The van der Waals surface area contributed by atoms with Crippen molar-refractivity contribution in [3.8, 4) is 0 Å². The van der Waals surface area contributed by atoms with Crippen LogP contribution in [0.4, 0.5) is 0 Å². The second-order valence-corrected chi connectivity index (χ2v) is 5.76. The van der Waals surface area contributed by atoms with Crippen molar-refractivity contribution in [1.82, 2.24) is 5.48 Å². The van der Waals surface area contributed by atoms with Gasteiger partial charge in [-0.05, 0) is 36.3 Å². The Morgan fingerprint density at radius 2 is 1.72 bits per heavy atom. The summed E-state index contributed by atoms with van der Waals surface area (Å²) >= 11 is 0. The van der Waals surface area contributed by atoms with Gasteiger partial charge in [0, 0.05) is 6.54 Å². The second-order valence-electron chi connectivity index (χ2n) is 5.76. The smallest absolute Gasteiger partial charge is 0.0790 e. The van der Waals surface area contributed by atoms with Gasteiger partial charge in [0.25, 0.3) is 0 Å². The molecule has 0 unspecified atom stereocenters. The molecule has 1 saturated carbocycles. The third-order valence-electron chi connectivity index (χ3n) is 3.50. The summed E-state index contributed by atoms with van der Waals surface area (Å²) in [5.41, 5.74) is 5.82. The summed E-state index contributed by atoms with van der Waals surface area (Å²) in [6.45, 7) is 5.31. The molecular weight excluding hydrogens is 222 g/mol. The summed E-state index contributed by atoms with van der Waals surface area (Å²) in [5, 5.41) is 0. The predicted molar refractivity (Wildman–Crippen MR) is 75.2 cm³/mol. The molecule has 100 valence electrons. The topological polar surface area (TPSA) is 21.3 Å². The van der Waals surface area contributed by atoms with Crippen molar-refractivity contribution in [1.29, 1.82) is 0 Å². The quantitative estimate of drug-likeness (QED) is 0.771. The predicted octanol–water partition coefficient (Wildman–Crippen LogP) is 3.85. The molecule has 0 heterocycles. The number of benzene rings is 1. The monoisotopic (exact) mass is 247 g/mol. The fraction of sp³-hybridized carbons (Fsp3) is 0.625. The van der Waals surface area contributed by atoms with Crippen LogP contribution < -0.4 is 5.48 Å². The van der Waals surface area contributed by atoms with E-state index in [9.17, 15) is 0 Å². The first kappa shape index (κ1) is 13.6. The van der Waals surface area contributed by atoms with Gasteiger partial charge in [-0.2, -0.15) is 5.48 Å². The fourth-order valence-corrected chi connectivity index (χ4v) is 2.51. The van der Waals surface area contributed by atoms with Crippen molar-refractivity contribution in [3.63, 3.8) is 0 Å². The first-order chi connectivity index (χ1) is 8.74. The van der Waals surface area contributed by atoms with Gasteiger partial charge >= 0.3 is 0 Å². The highest BCUT2D eigenvalue weighted by Crippen LogP contribution is 2.20. The van der Waals surface area contributed by atoms with Crippen molar-refractivity contribution < 1.29 is 4.84 Å². The number of rotatable bonds is 6. The number of hydrogen-bond donors (Lipinski definition) is 1. The van der Waals surface area contributed by atoms with Gasteiger partial charge in [0.2, 0.25) is 0 Å². The Labute approximate surface area is 111 Å². The van der Waals surface area contributed by atoms with E-state index in [-0.39, 0.29) is 0 Å². The average Bonchev–Trinajstić information content (AvgIpc) is 2.84. The molecule has 0 atom stereocenters. The van der Waals surface area contributed by atoms with Gasteiger partial charge in [0.15, 0.2) is 0 Å². The first-order valence-corrected chi connectivity index (χ1v) is 7.20. The maximum atomic E-state index is 5.65. The number of hydroxylamine groups is 1.